The van der Waals surface area contributed by atoms with Crippen LogP contribution in [0.3, 0.4) is 0 Å². The van der Waals surface area contributed by atoms with Gasteiger partial charge in [0.1, 0.15) is 0 Å². The Kier molecular flexibility index (Phi) is 4.37. The van der Waals surface area contributed by atoms with Crippen molar-refractivity contribution in [2.45, 2.75) is 38.9 Å². The van der Waals surface area contributed by atoms with Crippen LogP contribution in [-0.4, -0.2) is 38.3 Å². The summed E-state index contributed by atoms with van der Waals surface area (Å²) in [5.41, 5.74) is 1.85. The van der Waals surface area contributed by atoms with Crippen molar-refractivity contribution in [1.82, 2.24) is 25.0 Å². The summed E-state index contributed by atoms with van der Waals surface area (Å²) in [6.07, 6.45) is 5.77. The number of carbonyl (C=O) groups is 1. The van der Waals surface area contributed by atoms with Gasteiger partial charge in [-0.05, 0) is 38.0 Å². The molecule has 22 heavy (non-hydrogen) atoms. The molecule has 1 aliphatic heterocycles. The molecule has 0 spiro atoms. The van der Waals surface area contributed by atoms with Crippen molar-refractivity contribution in [2.75, 3.05) is 6.54 Å². The van der Waals surface area contributed by atoms with Crippen LogP contribution >= 0.6 is 0 Å². The van der Waals surface area contributed by atoms with Crippen molar-refractivity contribution in [3.05, 3.63) is 48.0 Å². The third-order valence-electron chi connectivity index (χ3n) is 3.96. The van der Waals surface area contributed by atoms with E-state index in [1.807, 2.05) is 47.0 Å². The van der Waals surface area contributed by atoms with E-state index in [1.54, 1.807) is 6.20 Å². The number of aromatic nitrogens is 3. The Bertz CT molecular complexity index is 625. The number of nitrogens with zero attached hydrogens (tertiary/aromatic N) is 4. The Morgan fingerprint density at radius 2 is 2.32 bits per heavy atom. The number of amides is 2. The fourth-order valence-corrected chi connectivity index (χ4v) is 2.88. The molecule has 1 saturated heterocycles. The van der Waals surface area contributed by atoms with E-state index in [0.717, 1.165) is 37.3 Å². The van der Waals surface area contributed by atoms with Crippen LogP contribution in [0.1, 0.15) is 24.2 Å². The van der Waals surface area contributed by atoms with Crippen LogP contribution in [0.2, 0.25) is 0 Å². The second-order valence-electron chi connectivity index (χ2n) is 5.65. The highest BCUT2D eigenvalue weighted by molar-refractivity contribution is 5.74. The molecule has 2 aromatic rings. The van der Waals surface area contributed by atoms with Crippen molar-refractivity contribution in [3.63, 3.8) is 0 Å². The molecule has 0 aliphatic carbocycles. The summed E-state index contributed by atoms with van der Waals surface area (Å²) in [6, 6.07) is 7.94. The van der Waals surface area contributed by atoms with E-state index in [9.17, 15) is 4.79 Å². The van der Waals surface area contributed by atoms with E-state index in [-0.39, 0.29) is 12.1 Å². The van der Waals surface area contributed by atoms with Gasteiger partial charge < -0.3 is 10.2 Å². The number of pyridine rings is 1. The third-order valence-corrected chi connectivity index (χ3v) is 3.96. The molecule has 0 saturated carbocycles. The number of hydrogen-bond donors (Lipinski definition) is 1. The van der Waals surface area contributed by atoms with Crippen molar-refractivity contribution in [3.8, 4) is 0 Å². The zero-order chi connectivity index (χ0) is 15.4. The predicted molar refractivity (Wildman–Crippen MR) is 83.2 cm³/mol. The molecule has 6 heteroatoms. The lowest BCUT2D eigenvalue weighted by Crippen LogP contribution is -2.44. The molecular weight excluding hydrogens is 278 g/mol. The molecule has 116 valence electrons. The first-order valence-corrected chi connectivity index (χ1v) is 7.67. The highest BCUT2D eigenvalue weighted by atomic mass is 16.2. The van der Waals surface area contributed by atoms with E-state index >= 15 is 0 Å². The van der Waals surface area contributed by atoms with Crippen LogP contribution in [0.5, 0.6) is 0 Å². The predicted octanol–water partition coefficient (Wildman–Crippen LogP) is 1.96. The first-order chi connectivity index (χ1) is 10.7. The van der Waals surface area contributed by atoms with Crippen LogP contribution in [0.25, 0.3) is 0 Å². The standard InChI is InChI=1S/C16H21N5O/c1-13-5-2-6-14(19-13)11-17-16(22)21-10-3-7-15(21)12-20-9-4-8-18-20/h2,4-6,8-9,15H,3,7,10-12H2,1H3,(H,17,22). The summed E-state index contributed by atoms with van der Waals surface area (Å²) < 4.78 is 1.89. The second-order valence-corrected chi connectivity index (χ2v) is 5.65. The number of carbonyl (C=O) groups excluding carboxylic acids is 1. The second kappa shape index (κ2) is 6.60. The number of likely N-dealkylation sites (tertiary alicyclic amines) is 1. The normalized spacial score (nSPS) is 17.7. The summed E-state index contributed by atoms with van der Waals surface area (Å²) >= 11 is 0. The van der Waals surface area contributed by atoms with Gasteiger partial charge in [-0.3, -0.25) is 9.67 Å². The van der Waals surface area contributed by atoms with Gasteiger partial charge in [0.2, 0.25) is 0 Å². The van der Waals surface area contributed by atoms with Gasteiger partial charge in [0, 0.05) is 24.6 Å². The highest BCUT2D eigenvalue weighted by Gasteiger charge is 2.28. The van der Waals surface area contributed by atoms with E-state index in [0.29, 0.717) is 6.54 Å². The Hall–Kier alpha value is -2.37. The average molecular weight is 299 g/mol. The summed E-state index contributed by atoms with van der Waals surface area (Å²) in [4.78, 5) is 18.7. The quantitative estimate of drug-likeness (QED) is 0.938. The zero-order valence-corrected chi connectivity index (χ0v) is 12.8. The Balaban J connectivity index is 1.56. The Morgan fingerprint density at radius 3 is 3.09 bits per heavy atom. The van der Waals surface area contributed by atoms with Gasteiger partial charge in [-0.25, -0.2) is 4.79 Å². The largest absolute Gasteiger partial charge is 0.332 e. The van der Waals surface area contributed by atoms with Gasteiger partial charge >= 0.3 is 6.03 Å². The molecule has 0 bridgehead atoms. The maximum atomic E-state index is 12.4. The van der Waals surface area contributed by atoms with Crippen molar-refractivity contribution in [1.29, 1.82) is 0 Å². The molecule has 3 heterocycles. The minimum atomic E-state index is -0.0158. The van der Waals surface area contributed by atoms with Gasteiger partial charge in [-0.1, -0.05) is 6.07 Å². The van der Waals surface area contributed by atoms with E-state index in [2.05, 4.69) is 15.4 Å². The van der Waals surface area contributed by atoms with E-state index < -0.39 is 0 Å². The summed E-state index contributed by atoms with van der Waals surface area (Å²) in [5, 5.41) is 7.20. The molecule has 1 unspecified atom stereocenters. The molecule has 6 nitrogen and oxygen atoms in total. The fraction of sp³-hybridized carbons (Fsp3) is 0.438. The SMILES string of the molecule is Cc1cccc(CNC(=O)N2CCCC2Cn2cccn2)n1. The first kappa shape index (κ1) is 14.6. The molecule has 1 fully saturated rings. The van der Waals surface area contributed by atoms with Crippen LogP contribution in [0, 0.1) is 6.92 Å². The maximum Gasteiger partial charge on any atom is 0.318 e. The molecule has 1 N–H and O–H groups in total. The summed E-state index contributed by atoms with van der Waals surface area (Å²) in [7, 11) is 0. The van der Waals surface area contributed by atoms with E-state index in [4.69, 9.17) is 0 Å². The Labute approximate surface area is 130 Å². The topological polar surface area (TPSA) is 63.1 Å². The van der Waals surface area contributed by atoms with Gasteiger partial charge in [-0.2, -0.15) is 5.10 Å². The average Bonchev–Trinajstić information content (AvgIpc) is 3.17. The van der Waals surface area contributed by atoms with Gasteiger partial charge in [-0.15, -0.1) is 0 Å². The van der Waals surface area contributed by atoms with Crippen LogP contribution < -0.4 is 5.32 Å². The van der Waals surface area contributed by atoms with Gasteiger partial charge in [0.25, 0.3) is 0 Å². The molecule has 0 aromatic carbocycles. The van der Waals surface area contributed by atoms with Crippen LogP contribution in [0.4, 0.5) is 4.79 Å². The molecule has 2 amide bonds. The number of hydrogen-bond acceptors (Lipinski definition) is 3. The molecular formula is C16H21N5O. The van der Waals surface area contributed by atoms with E-state index in [1.165, 1.54) is 0 Å². The zero-order valence-electron chi connectivity index (χ0n) is 12.8. The van der Waals surface area contributed by atoms with Crippen molar-refractivity contribution < 1.29 is 4.79 Å². The summed E-state index contributed by atoms with van der Waals surface area (Å²) in [5.74, 6) is 0. The molecule has 1 atom stereocenters. The van der Waals surface area contributed by atoms with Crippen molar-refractivity contribution in [2.24, 2.45) is 0 Å². The number of rotatable bonds is 4. The lowest BCUT2D eigenvalue weighted by Gasteiger charge is -2.25. The van der Waals surface area contributed by atoms with Crippen LogP contribution in [-0.2, 0) is 13.1 Å². The summed E-state index contributed by atoms with van der Waals surface area (Å²) in [6.45, 7) is 3.97. The van der Waals surface area contributed by atoms with Gasteiger partial charge in [0.15, 0.2) is 0 Å². The lowest BCUT2D eigenvalue weighted by molar-refractivity contribution is 0.185. The Morgan fingerprint density at radius 1 is 1.41 bits per heavy atom. The van der Waals surface area contributed by atoms with Crippen LogP contribution in [0.15, 0.2) is 36.7 Å². The number of urea groups is 1. The minimum Gasteiger partial charge on any atom is -0.332 e. The van der Waals surface area contributed by atoms with Gasteiger partial charge in [0.05, 0.1) is 24.8 Å². The minimum absolute atomic E-state index is 0.0158. The molecule has 0 radical (unpaired) electrons. The first-order valence-electron chi connectivity index (χ1n) is 7.67. The number of nitrogens with one attached hydrogen (secondary N) is 1. The smallest absolute Gasteiger partial charge is 0.318 e. The number of aryl methyl sites for hydroxylation is 1. The molecule has 2 aromatic heterocycles. The lowest BCUT2D eigenvalue weighted by atomic mass is 10.2. The maximum absolute atomic E-state index is 12.4. The highest BCUT2D eigenvalue weighted by Crippen LogP contribution is 2.18. The molecule has 3 rings (SSSR count). The monoisotopic (exact) mass is 299 g/mol. The third kappa shape index (κ3) is 3.44. The molecule has 1 aliphatic rings. The fourth-order valence-electron chi connectivity index (χ4n) is 2.88. The van der Waals surface area contributed by atoms with Crippen molar-refractivity contribution >= 4 is 6.03 Å².